The zero-order valence-electron chi connectivity index (χ0n) is 20.7. The van der Waals surface area contributed by atoms with Crippen molar-refractivity contribution < 1.29 is 9.18 Å². The van der Waals surface area contributed by atoms with Crippen molar-refractivity contribution in [1.82, 2.24) is 29.5 Å². The minimum atomic E-state index is -0.468. The average Bonchev–Trinajstić information content (AvgIpc) is 3.58. The van der Waals surface area contributed by atoms with Gasteiger partial charge in [0, 0.05) is 65.4 Å². The van der Waals surface area contributed by atoms with Crippen molar-refractivity contribution in [3.8, 4) is 39.6 Å². The van der Waals surface area contributed by atoms with E-state index in [-0.39, 0.29) is 0 Å². The van der Waals surface area contributed by atoms with Gasteiger partial charge in [-0.25, -0.2) is 9.37 Å². The Labute approximate surface area is 211 Å². The number of carbonyl (C=O) groups excluding carboxylic acids is 1. The molecule has 4 heterocycles. The lowest BCUT2D eigenvalue weighted by Crippen LogP contribution is -2.09. The monoisotopic (exact) mass is 494 g/mol. The maximum Gasteiger partial charge on any atom is 0.247 e. The Kier molecular flexibility index (Phi) is 5.68. The highest BCUT2D eigenvalue weighted by Crippen LogP contribution is 2.43. The number of halogens is 1. The molecule has 5 rings (SSSR count). The fourth-order valence-corrected chi connectivity index (χ4v) is 4.54. The quantitative estimate of drug-likeness (QED) is 0.341. The summed E-state index contributed by atoms with van der Waals surface area (Å²) in [5.74, 6) is -0.907. The molecule has 10 heteroatoms. The van der Waals surface area contributed by atoms with E-state index < -0.39 is 11.7 Å². The molecule has 5 aromatic rings. The molecule has 1 amide bonds. The summed E-state index contributed by atoms with van der Waals surface area (Å²) in [6.07, 6.45) is 8.04. The molecule has 0 atom stereocenters. The van der Waals surface area contributed by atoms with E-state index in [0.29, 0.717) is 45.0 Å². The van der Waals surface area contributed by atoms with E-state index in [1.54, 1.807) is 43.3 Å². The molecule has 0 saturated carbocycles. The number of anilines is 1. The molecule has 0 fully saturated rings. The van der Waals surface area contributed by atoms with Crippen LogP contribution in [0.5, 0.6) is 0 Å². The average molecular weight is 495 g/mol. The van der Waals surface area contributed by atoms with Gasteiger partial charge in [0.25, 0.3) is 0 Å². The molecule has 4 aromatic heterocycles. The summed E-state index contributed by atoms with van der Waals surface area (Å²) >= 11 is 0. The molecule has 37 heavy (non-hydrogen) atoms. The van der Waals surface area contributed by atoms with E-state index in [4.69, 9.17) is 0 Å². The highest BCUT2D eigenvalue weighted by molar-refractivity contribution is 6.07. The van der Waals surface area contributed by atoms with Gasteiger partial charge in [0.05, 0.1) is 18.1 Å². The first-order chi connectivity index (χ1) is 17.7. The van der Waals surface area contributed by atoms with Crippen molar-refractivity contribution in [2.45, 2.75) is 13.8 Å². The molecule has 0 unspecified atom stereocenters. The lowest BCUT2D eigenvalue weighted by atomic mass is 9.93. The zero-order valence-corrected chi connectivity index (χ0v) is 20.7. The molecule has 0 saturated heterocycles. The Bertz CT molecular complexity index is 1770. The van der Waals surface area contributed by atoms with E-state index >= 15 is 4.39 Å². The number of aromatic amines is 1. The van der Waals surface area contributed by atoms with Crippen LogP contribution < -0.4 is 5.32 Å². The smallest absolute Gasteiger partial charge is 0.247 e. The topological polar surface area (TPSA) is 117 Å². The number of rotatable bonds is 5. The van der Waals surface area contributed by atoms with Crippen molar-refractivity contribution >= 4 is 22.6 Å². The Balaban J connectivity index is 1.85. The Morgan fingerprint density at radius 3 is 2.59 bits per heavy atom. The van der Waals surface area contributed by atoms with Crippen LogP contribution in [0.4, 0.5) is 10.1 Å². The predicted octanol–water partition coefficient (Wildman–Crippen LogP) is 4.78. The molecule has 0 aliphatic carbocycles. The van der Waals surface area contributed by atoms with Crippen molar-refractivity contribution in [2.75, 3.05) is 5.32 Å². The SMILES string of the molecule is C=CC(=O)Nc1cc(-c2c(-c3cnn(C)c3)[nH]c3ncc(-c4cnn(C)c4C#N)c(C)c23)cc(F)c1C. The molecular formula is C27H23FN8O. The number of aromatic nitrogens is 6. The summed E-state index contributed by atoms with van der Waals surface area (Å²) in [6.45, 7) is 7.02. The minimum Gasteiger partial charge on any atom is -0.339 e. The second kappa shape index (κ2) is 8.87. The number of nitrogens with zero attached hydrogens (tertiary/aromatic N) is 6. The van der Waals surface area contributed by atoms with Crippen LogP contribution in [-0.2, 0) is 18.9 Å². The van der Waals surface area contributed by atoms with Crippen LogP contribution in [0.1, 0.15) is 16.8 Å². The highest BCUT2D eigenvalue weighted by atomic mass is 19.1. The first-order valence-corrected chi connectivity index (χ1v) is 11.4. The van der Waals surface area contributed by atoms with Gasteiger partial charge in [-0.05, 0) is 43.2 Å². The van der Waals surface area contributed by atoms with Crippen LogP contribution in [0, 0.1) is 31.0 Å². The van der Waals surface area contributed by atoms with Gasteiger partial charge in [-0.15, -0.1) is 0 Å². The maximum atomic E-state index is 15.2. The third-order valence-corrected chi connectivity index (χ3v) is 6.49. The normalized spacial score (nSPS) is 11.0. The number of amides is 1. The highest BCUT2D eigenvalue weighted by Gasteiger charge is 2.23. The summed E-state index contributed by atoms with van der Waals surface area (Å²) in [4.78, 5) is 20.1. The molecular weight excluding hydrogens is 471 g/mol. The number of nitrogens with one attached hydrogen (secondary N) is 2. The van der Waals surface area contributed by atoms with Gasteiger partial charge >= 0.3 is 0 Å². The van der Waals surface area contributed by atoms with Crippen molar-refractivity contribution in [2.24, 2.45) is 14.1 Å². The van der Waals surface area contributed by atoms with Gasteiger partial charge in [-0.2, -0.15) is 15.5 Å². The van der Waals surface area contributed by atoms with Crippen molar-refractivity contribution in [1.29, 1.82) is 5.26 Å². The van der Waals surface area contributed by atoms with Gasteiger partial charge in [0.15, 0.2) is 0 Å². The van der Waals surface area contributed by atoms with Gasteiger partial charge in [-0.1, -0.05) is 6.58 Å². The number of carbonyl (C=O) groups is 1. The second-order valence-electron chi connectivity index (χ2n) is 8.76. The lowest BCUT2D eigenvalue weighted by molar-refractivity contribution is -0.111. The number of benzene rings is 1. The molecule has 0 aliphatic heterocycles. The largest absolute Gasteiger partial charge is 0.339 e. The summed E-state index contributed by atoms with van der Waals surface area (Å²) in [6, 6.07) is 5.38. The summed E-state index contributed by atoms with van der Waals surface area (Å²) in [7, 11) is 3.52. The number of fused-ring (bicyclic) bond motifs is 1. The van der Waals surface area contributed by atoms with Crippen molar-refractivity contribution in [3.05, 3.63) is 72.2 Å². The standard InChI is InChI=1S/C27H23FN8O/c1-6-23(37)33-21-8-16(7-20(28)15(21)3)25-24-14(2)18(19-12-32-36(5)22(19)9-29)11-30-27(24)34-26(25)17-10-31-35(4)13-17/h6-8,10-13H,1H2,2-5H3,(H,30,34)(H,33,37). The van der Waals surface area contributed by atoms with E-state index in [0.717, 1.165) is 28.2 Å². The molecule has 0 spiro atoms. The van der Waals surface area contributed by atoms with E-state index in [1.807, 2.05) is 20.2 Å². The molecule has 0 radical (unpaired) electrons. The number of H-pyrrole nitrogens is 1. The number of hydrogen-bond acceptors (Lipinski definition) is 5. The number of pyridine rings is 1. The van der Waals surface area contributed by atoms with Crippen LogP contribution in [0.2, 0.25) is 0 Å². The number of hydrogen-bond donors (Lipinski definition) is 2. The second-order valence-corrected chi connectivity index (χ2v) is 8.76. The third-order valence-electron chi connectivity index (χ3n) is 6.49. The van der Waals surface area contributed by atoms with E-state index in [9.17, 15) is 10.1 Å². The first-order valence-electron chi connectivity index (χ1n) is 11.4. The zero-order chi connectivity index (χ0) is 26.4. The van der Waals surface area contributed by atoms with E-state index in [2.05, 4.69) is 38.1 Å². The van der Waals surface area contributed by atoms with Crippen LogP contribution in [0.15, 0.2) is 49.6 Å². The van der Waals surface area contributed by atoms with Gasteiger partial charge in [0.1, 0.15) is 23.2 Å². The molecule has 0 aliphatic rings. The summed E-state index contributed by atoms with van der Waals surface area (Å²) in [5, 5.41) is 21.7. The number of aryl methyl sites for hydroxylation is 3. The third kappa shape index (κ3) is 3.87. The van der Waals surface area contributed by atoms with Gasteiger partial charge in [-0.3, -0.25) is 14.2 Å². The predicted molar refractivity (Wildman–Crippen MR) is 139 cm³/mol. The van der Waals surface area contributed by atoms with Crippen molar-refractivity contribution in [3.63, 3.8) is 0 Å². The molecule has 9 nitrogen and oxygen atoms in total. The molecule has 184 valence electrons. The Morgan fingerprint density at radius 2 is 1.92 bits per heavy atom. The molecule has 1 aromatic carbocycles. The molecule has 0 bridgehead atoms. The van der Waals surface area contributed by atoms with Crippen LogP contribution in [0.25, 0.3) is 44.5 Å². The fourth-order valence-electron chi connectivity index (χ4n) is 4.54. The van der Waals surface area contributed by atoms with Gasteiger partial charge < -0.3 is 10.3 Å². The maximum absolute atomic E-state index is 15.2. The Hall–Kier alpha value is -5.04. The summed E-state index contributed by atoms with van der Waals surface area (Å²) in [5.41, 5.74) is 6.61. The van der Waals surface area contributed by atoms with Crippen LogP contribution >= 0.6 is 0 Å². The van der Waals surface area contributed by atoms with Crippen LogP contribution in [-0.4, -0.2) is 35.4 Å². The lowest BCUT2D eigenvalue weighted by Gasteiger charge is -2.13. The van der Waals surface area contributed by atoms with Gasteiger partial charge in [0.2, 0.25) is 5.91 Å². The van der Waals surface area contributed by atoms with E-state index in [1.165, 1.54) is 10.7 Å². The minimum absolute atomic E-state index is 0.311. The molecule has 2 N–H and O–H groups in total. The summed E-state index contributed by atoms with van der Waals surface area (Å²) < 4.78 is 18.4. The fraction of sp³-hybridized carbons (Fsp3) is 0.148. The number of nitriles is 1. The first kappa shape index (κ1) is 23.7. The Morgan fingerprint density at radius 1 is 1.14 bits per heavy atom. The van der Waals surface area contributed by atoms with Crippen LogP contribution in [0.3, 0.4) is 0 Å².